The van der Waals surface area contributed by atoms with Crippen LogP contribution in [0.25, 0.3) is 0 Å². The van der Waals surface area contributed by atoms with E-state index in [0.717, 1.165) is 29.9 Å². The Balaban J connectivity index is 1.96. The Hall–Kier alpha value is -2.14. The molecule has 0 aliphatic rings. The van der Waals surface area contributed by atoms with Gasteiger partial charge in [0.1, 0.15) is 0 Å². The van der Waals surface area contributed by atoms with E-state index in [9.17, 15) is 4.79 Å². The van der Waals surface area contributed by atoms with Crippen LogP contribution in [0.15, 0.2) is 30.5 Å². The molecular formula is C14H18N4O. The molecule has 2 rings (SSSR count). The summed E-state index contributed by atoms with van der Waals surface area (Å²) in [6.45, 7) is 3.48. The van der Waals surface area contributed by atoms with E-state index in [1.807, 2.05) is 36.9 Å². The Labute approximate surface area is 112 Å². The van der Waals surface area contributed by atoms with Crippen molar-refractivity contribution in [1.29, 1.82) is 0 Å². The van der Waals surface area contributed by atoms with Gasteiger partial charge in [0.25, 0.3) is 0 Å². The third kappa shape index (κ3) is 3.20. The lowest BCUT2D eigenvalue weighted by Crippen LogP contribution is -2.16. The lowest BCUT2D eigenvalue weighted by molar-refractivity contribution is 0.1000. The van der Waals surface area contributed by atoms with Crippen molar-refractivity contribution in [3.63, 3.8) is 0 Å². The van der Waals surface area contributed by atoms with Gasteiger partial charge < -0.3 is 11.1 Å². The number of aryl methyl sites for hydroxylation is 2. The molecule has 19 heavy (non-hydrogen) atoms. The van der Waals surface area contributed by atoms with Gasteiger partial charge in [-0.15, -0.1) is 0 Å². The number of nitrogens with zero attached hydrogens (tertiary/aromatic N) is 2. The van der Waals surface area contributed by atoms with Crippen molar-refractivity contribution in [3.8, 4) is 0 Å². The first-order valence-electron chi connectivity index (χ1n) is 6.15. The molecule has 0 unspecified atom stereocenters. The third-order valence-corrected chi connectivity index (χ3v) is 3.17. The van der Waals surface area contributed by atoms with Gasteiger partial charge in [0, 0.05) is 31.9 Å². The number of hydrogen-bond donors (Lipinski definition) is 2. The van der Waals surface area contributed by atoms with Crippen LogP contribution in [-0.2, 0) is 20.1 Å². The summed E-state index contributed by atoms with van der Waals surface area (Å²) in [5.74, 6) is -0.391. The topological polar surface area (TPSA) is 72.9 Å². The minimum atomic E-state index is -0.391. The zero-order chi connectivity index (χ0) is 13.8. The fraction of sp³-hybridized carbons (Fsp3) is 0.286. The van der Waals surface area contributed by atoms with Crippen molar-refractivity contribution in [1.82, 2.24) is 15.1 Å². The highest BCUT2D eigenvalue weighted by Gasteiger charge is 2.04. The number of aromatic nitrogens is 2. The number of nitrogens with one attached hydrogen (secondary N) is 1. The number of nitrogens with two attached hydrogens (primary N) is 1. The lowest BCUT2D eigenvalue weighted by atomic mass is 10.0. The molecule has 5 heteroatoms. The van der Waals surface area contributed by atoms with Crippen LogP contribution >= 0.6 is 0 Å². The summed E-state index contributed by atoms with van der Waals surface area (Å²) in [7, 11) is 1.92. The summed E-state index contributed by atoms with van der Waals surface area (Å²) in [5.41, 5.74) is 9.15. The largest absolute Gasteiger partial charge is 0.366 e. The molecule has 0 spiro atoms. The van der Waals surface area contributed by atoms with Gasteiger partial charge in [-0.05, 0) is 36.2 Å². The fourth-order valence-corrected chi connectivity index (χ4v) is 1.95. The van der Waals surface area contributed by atoms with Gasteiger partial charge in [0.2, 0.25) is 5.91 Å². The molecule has 0 radical (unpaired) electrons. The van der Waals surface area contributed by atoms with E-state index in [1.165, 1.54) is 0 Å². The van der Waals surface area contributed by atoms with E-state index < -0.39 is 5.91 Å². The number of hydrogen-bond acceptors (Lipinski definition) is 3. The van der Waals surface area contributed by atoms with Gasteiger partial charge in [-0.25, -0.2) is 0 Å². The molecule has 1 amide bonds. The molecule has 0 aliphatic carbocycles. The lowest BCUT2D eigenvalue weighted by Gasteiger charge is -2.09. The average Bonchev–Trinajstić information content (AvgIpc) is 2.77. The average molecular weight is 258 g/mol. The van der Waals surface area contributed by atoms with Crippen LogP contribution in [0.5, 0.6) is 0 Å². The van der Waals surface area contributed by atoms with Crippen molar-refractivity contribution >= 4 is 5.91 Å². The molecule has 100 valence electrons. The van der Waals surface area contributed by atoms with Crippen molar-refractivity contribution in [2.75, 3.05) is 0 Å². The van der Waals surface area contributed by atoms with E-state index in [2.05, 4.69) is 10.4 Å². The summed E-state index contributed by atoms with van der Waals surface area (Å²) >= 11 is 0. The Morgan fingerprint density at radius 2 is 2.16 bits per heavy atom. The third-order valence-electron chi connectivity index (χ3n) is 3.17. The molecule has 1 aromatic carbocycles. The highest BCUT2D eigenvalue weighted by atomic mass is 16.1. The van der Waals surface area contributed by atoms with E-state index >= 15 is 0 Å². The monoisotopic (exact) mass is 258 g/mol. The second-order valence-corrected chi connectivity index (χ2v) is 4.56. The first-order chi connectivity index (χ1) is 9.08. The van der Waals surface area contributed by atoms with Crippen LogP contribution < -0.4 is 11.1 Å². The molecule has 0 fully saturated rings. The zero-order valence-electron chi connectivity index (χ0n) is 11.2. The first-order valence-corrected chi connectivity index (χ1v) is 6.15. The van der Waals surface area contributed by atoms with Crippen LogP contribution in [0.2, 0.25) is 0 Å². The highest BCUT2D eigenvalue weighted by molar-refractivity contribution is 5.93. The summed E-state index contributed by atoms with van der Waals surface area (Å²) in [6, 6.07) is 7.50. The predicted octanol–water partition coefficient (Wildman–Crippen LogP) is 1.12. The minimum Gasteiger partial charge on any atom is -0.366 e. The number of primary amides is 1. The molecule has 5 nitrogen and oxygen atoms in total. The molecule has 0 atom stereocenters. The molecule has 0 bridgehead atoms. The molecule has 0 saturated heterocycles. The number of amides is 1. The van der Waals surface area contributed by atoms with E-state index in [0.29, 0.717) is 5.56 Å². The number of benzene rings is 1. The standard InChI is InChI=1S/C14H18N4O/c1-10-7-11(14(15)19)3-4-12(10)8-16-9-13-5-6-17-18(13)2/h3-7,16H,8-9H2,1-2H3,(H2,15,19). The van der Waals surface area contributed by atoms with Gasteiger partial charge in [0.15, 0.2) is 0 Å². The van der Waals surface area contributed by atoms with Gasteiger partial charge in [0.05, 0.1) is 5.69 Å². The second kappa shape index (κ2) is 5.67. The van der Waals surface area contributed by atoms with E-state index in [1.54, 1.807) is 12.3 Å². The summed E-state index contributed by atoms with van der Waals surface area (Å²) in [4.78, 5) is 11.1. The summed E-state index contributed by atoms with van der Waals surface area (Å²) < 4.78 is 1.84. The van der Waals surface area contributed by atoms with Gasteiger partial charge in [-0.3, -0.25) is 9.48 Å². The number of rotatable bonds is 5. The molecular weight excluding hydrogens is 240 g/mol. The first kappa shape index (κ1) is 13.3. The number of carbonyl (C=O) groups excluding carboxylic acids is 1. The van der Waals surface area contributed by atoms with Crippen LogP contribution in [0.4, 0.5) is 0 Å². The van der Waals surface area contributed by atoms with Gasteiger partial charge in [-0.2, -0.15) is 5.10 Å². The Bertz CT molecular complexity index is 589. The quantitative estimate of drug-likeness (QED) is 0.844. The van der Waals surface area contributed by atoms with Crippen LogP contribution in [0, 0.1) is 6.92 Å². The summed E-state index contributed by atoms with van der Waals surface area (Å²) in [6.07, 6.45) is 1.78. The van der Waals surface area contributed by atoms with Crippen molar-refractivity contribution < 1.29 is 4.79 Å². The maximum Gasteiger partial charge on any atom is 0.248 e. The predicted molar refractivity (Wildman–Crippen MR) is 73.4 cm³/mol. The molecule has 1 aromatic heterocycles. The van der Waals surface area contributed by atoms with E-state index in [4.69, 9.17) is 5.73 Å². The van der Waals surface area contributed by atoms with Gasteiger partial charge in [-0.1, -0.05) is 6.07 Å². The maximum absolute atomic E-state index is 11.1. The SMILES string of the molecule is Cc1cc(C(N)=O)ccc1CNCc1ccnn1C. The Morgan fingerprint density at radius 1 is 1.37 bits per heavy atom. The van der Waals surface area contributed by atoms with Crippen LogP contribution in [-0.4, -0.2) is 15.7 Å². The fourth-order valence-electron chi connectivity index (χ4n) is 1.95. The molecule has 1 heterocycles. The van der Waals surface area contributed by atoms with Crippen LogP contribution in [0.3, 0.4) is 0 Å². The van der Waals surface area contributed by atoms with E-state index in [-0.39, 0.29) is 0 Å². The molecule has 0 saturated carbocycles. The highest BCUT2D eigenvalue weighted by Crippen LogP contribution is 2.11. The van der Waals surface area contributed by atoms with Crippen molar-refractivity contribution in [2.45, 2.75) is 20.0 Å². The second-order valence-electron chi connectivity index (χ2n) is 4.56. The number of carbonyl (C=O) groups is 1. The Morgan fingerprint density at radius 3 is 2.74 bits per heavy atom. The minimum absolute atomic E-state index is 0.391. The Kier molecular flexibility index (Phi) is 3.97. The smallest absolute Gasteiger partial charge is 0.248 e. The van der Waals surface area contributed by atoms with Gasteiger partial charge >= 0.3 is 0 Å². The zero-order valence-corrected chi connectivity index (χ0v) is 11.2. The maximum atomic E-state index is 11.1. The molecule has 0 aliphatic heterocycles. The molecule has 2 aromatic rings. The summed E-state index contributed by atoms with van der Waals surface area (Å²) in [5, 5.41) is 7.47. The molecule has 3 N–H and O–H groups in total. The normalized spacial score (nSPS) is 10.6. The van der Waals surface area contributed by atoms with Crippen LogP contribution in [0.1, 0.15) is 27.2 Å². The van der Waals surface area contributed by atoms with Crippen molar-refractivity contribution in [3.05, 3.63) is 52.8 Å². The van der Waals surface area contributed by atoms with Crippen molar-refractivity contribution in [2.24, 2.45) is 12.8 Å².